The summed E-state index contributed by atoms with van der Waals surface area (Å²) in [6.07, 6.45) is 0.127. The number of nitrogens with zero attached hydrogens (tertiary/aromatic N) is 2. The first-order valence-corrected chi connectivity index (χ1v) is 8.84. The van der Waals surface area contributed by atoms with Crippen molar-refractivity contribution in [2.75, 3.05) is 7.11 Å². The number of thioether (sulfide) groups is 1. The smallest absolute Gasteiger partial charge is 0.269 e. The second-order valence-electron chi connectivity index (χ2n) is 6.37. The Balaban J connectivity index is 1.91. The van der Waals surface area contributed by atoms with Gasteiger partial charge in [0.15, 0.2) is 5.78 Å². The van der Waals surface area contributed by atoms with Gasteiger partial charge in [0.1, 0.15) is 10.6 Å². The molecule has 0 atom stereocenters. The summed E-state index contributed by atoms with van der Waals surface area (Å²) in [4.78, 5) is 28.4. The minimum Gasteiger partial charge on any atom is -0.497 e. The van der Waals surface area contributed by atoms with Crippen LogP contribution in [0.5, 0.6) is 5.75 Å². The number of Topliss-reactive ketones (excluding diaryl/α,β-unsaturated/α-hetero) is 1. The molecule has 26 heavy (non-hydrogen) atoms. The van der Waals surface area contributed by atoms with Gasteiger partial charge in [0.2, 0.25) is 0 Å². The predicted octanol–water partition coefficient (Wildman–Crippen LogP) is 4.51. The van der Waals surface area contributed by atoms with Crippen LogP contribution < -0.4 is 4.74 Å². The third-order valence-electron chi connectivity index (χ3n) is 3.99. The molecule has 134 valence electrons. The van der Waals surface area contributed by atoms with E-state index in [0.29, 0.717) is 17.0 Å². The maximum atomic E-state index is 12.7. The Bertz CT molecular complexity index is 904. The molecular formula is C19H18N2O4S. The van der Waals surface area contributed by atoms with Crippen molar-refractivity contribution in [1.29, 1.82) is 0 Å². The number of hydrogen-bond donors (Lipinski definition) is 0. The van der Waals surface area contributed by atoms with Crippen molar-refractivity contribution in [2.45, 2.75) is 30.0 Å². The predicted molar refractivity (Wildman–Crippen MR) is 102 cm³/mol. The minimum absolute atomic E-state index is 0.0378. The number of nitro groups is 1. The van der Waals surface area contributed by atoms with Crippen LogP contribution in [0.25, 0.3) is 0 Å². The Kier molecular flexibility index (Phi) is 4.82. The van der Waals surface area contributed by atoms with E-state index < -0.39 is 4.92 Å². The number of rotatable bonds is 5. The van der Waals surface area contributed by atoms with Crippen LogP contribution in [-0.2, 0) is 0 Å². The number of ketones is 1. The number of ether oxygens (including phenoxy) is 1. The maximum Gasteiger partial charge on any atom is 0.269 e. The Morgan fingerprint density at radius 2 is 1.92 bits per heavy atom. The zero-order valence-electron chi connectivity index (χ0n) is 14.7. The van der Waals surface area contributed by atoms with Crippen molar-refractivity contribution >= 4 is 28.9 Å². The number of nitro benzene ring substituents is 1. The summed E-state index contributed by atoms with van der Waals surface area (Å²) in [5, 5.41) is 10.8. The quantitative estimate of drug-likeness (QED) is 0.439. The Morgan fingerprint density at radius 3 is 2.54 bits per heavy atom. The van der Waals surface area contributed by atoms with Crippen LogP contribution in [0.15, 0.2) is 52.4 Å². The van der Waals surface area contributed by atoms with Crippen LogP contribution in [0.2, 0.25) is 0 Å². The summed E-state index contributed by atoms with van der Waals surface area (Å²) in [5.74, 6) is 0.578. The van der Waals surface area contributed by atoms with Crippen molar-refractivity contribution in [3.63, 3.8) is 0 Å². The van der Waals surface area contributed by atoms with E-state index in [1.807, 2.05) is 32.0 Å². The van der Waals surface area contributed by atoms with E-state index in [1.165, 1.54) is 24.3 Å². The molecule has 0 bridgehead atoms. The lowest BCUT2D eigenvalue weighted by atomic mass is 9.99. The first-order chi connectivity index (χ1) is 12.3. The van der Waals surface area contributed by atoms with Gasteiger partial charge >= 0.3 is 0 Å². The number of carbonyl (C=O) groups excluding carboxylic acids is 1. The van der Waals surface area contributed by atoms with Gasteiger partial charge in [-0.25, -0.2) is 0 Å². The van der Waals surface area contributed by atoms with Gasteiger partial charge < -0.3 is 4.74 Å². The highest BCUT2D eigenvalue weighted by molar-refractivity contribution is 8.00. The molecule has 0 fully saturated rings. The molecule has 0 radical (unpaired) electrons. The van der Waals surface area contributed by atoms with E-state index >= 15 is 0 Å². The van der Waals surface area contributed by atoms with Gasteiger partial charge in [-0.05, 0) is 44.2 Å². The lowest BCUT2D eigenvalue weighted by Gasteiger charge is -2.28. The summed E-state index contributed by atoms with van der Waals surface area (Å²) in [7, 11) is 1.60. The van der Waals surface area contributed by atoms with E-state index in [0.717, 1.165) is 10.5 Å². The average Bonchev–Trinajstić information content (AvgIpc) is 2.60. The molecule has 1 aliphatic heterocycles. The summed E-state index contributed by atoms with van der Waals surface area (Å²) >= 11 is 1.64. The van der Waals surface area contributed by atoms with Crippen LogP contribution in [0.4, 0.5) is 5.69 Å². The van der Waals surface area contributed by atoms with E-state index in [9.17, 15) is 14.9 Å². The van der Waals surface area contributed by atoms with Crippen LogP contribution in [0.3, 0.4) is 0 Å². The number of aliphatic imine (C=N–C) groups is 1. The second kappa shape index (κ2) is 6.92. The van der Waals surface area contributed by atoms with Gasteiger partial charge in [-0.15, -0.1) is 0 Å². The average molecular weight is 370 g/mol. The summed E-state index contributed by atoms with van der Waals surface area (Å²) in [6.45, 7) is 4.00. The fraction of sp³-hybridized carbons (Fsp3) is 0.263. The molecule has 0 unspecified atom stereocenters. The molecule has 1 heterocycles. The molecule has 0 saturated carbocycles. The number of hydrogen-bond acceptors (Lipinski definition) is 6. The SMILES string of the molecule is COc1ccc2c(c1)C(CC(=O)c1ccc([N+](=O)[O-])cc1)=NC(C)(C)S2. The Labute approximate surface area is 155 Å². The molecule has 0 aromatic heterocycles. The summed E-state index contributed by atoms with van der Waals surface area (Å²) in [5.41, 5.74) is 1.98. The maximum absolute atomic E-state index is 12.7. The molecule has 0 N–H and O–H groups in total. The van der Waals surface area contributed by atoms with Crippen LogP contribution in [-0.4, -0.2) is 28.4 Å². The van der Waals surface area contributed by atoms with Crippen LogP contribution in [0, 0.1) is 10.1 Å². The zero-order valence-corrected chi connectivity index (χ0v) is 15.5. The Morgan fingerprint density at radius 1 is 1.23 bits per heavy atom. The van der Waals surface area contributed by atoms with Crippen LogP contribution in [0.1, 0.15) is 36.2 Å². The van der Waals surface area contributed by atoms with Gasteiger partial charge in [-0.3, -0.25) is 19.9 Å². The molecule has 0 saturated heterocycles. The van der Waals surface area contributed by atoms with Crippen LogP contribution >= 0.6 is 11.8 Å². The first kappa shape index (κ1) is 18.1. The molecule has 0 spiro atoms. The van der Waals surface area contributed by atoms with E-state index in [1.54, 1.807) is 18.9 Å². The molecule has 2 aromatic rings. The minimum atomic E-state index is -0.484. The monoisotopic (exact) mass is 370 g/mol. The highest BCUT2D eigenvalue weighted by Crippen LogP contribution is 2.42. The molecule has 6 nitrogen and oxygen atoms in total. The van der Waals surface area contributed by atoms with Crippen molar-refractivity contribution in [1.82, 2.24) is 0 Å². The molecular weight excluding hydrogens is 352 g/mol. The fourth-order valence-corrected chi connectivity index (χ4v) is 3.90. The van der Waals surface area contributed by atoms with E-state index in [-0.39, 0.29) is 22.8 Å². The van der Waals surface area contributed by atoms with Gasteiger partial charge in [-0.2, -0.15) is 0 Å². The summed E-state index contributed by atoms with van der Waals surface area (Å²) in [6, 6.07) is 11.4. The third kappa shape index (κ3) is 3.77. The number of non-ortho nitro benzene ring substituents is 1. The van der Waals surface area contributed by atoms with Gasteiger partial charge in [-0.1, -0.05) is 11.8 Å². The zero-order chi connectivity index (χ0) is 18.9. The number of fused-ring (bicyclic) bond motifs is 1. The second-order valence-corrected chi connectivity index (χ2v) is 8.02. The normalized spacial score (nSPS) is 15.0. The standard InChI is InChI=1S/C19H18N2O4S/c1-19(2)20-16(15-10-14(25-3)8-9-18(15)26-19)11-17(22)12-4-6-13(7-5-12)21(23)24/h4-10H,11H2,1-3H3. The molecule has 2 aromatic carbocycles. The highest BCUT2D eigenvalue weighted by atomic mass is 32.2. The number of carbonyl (C=O) groups is 1. The summed E-state index contributed by atoms with van der Waals surface area (Å²) < 4.78 is 5.29. The van der Waals surface area contributed by atoms with Gasteiger partial charge in [0.25, 0.3) is 5.69 Å². The number of benzene rings is 2. The van der Waals surface area contributed by atoms with Gasteiger partial charge in [0.05, 0.1) is 24.2 Å². The molecule has 1 aliphatic rings. The van der Waals surface area contributed by atoms with Crippen molar-refractivity contribution in [3.05, 3.63) is 63.7 Å². The molecule has 3 rings (SSSR count). The lowest BCUT2D eigenvalue weighted by molar-refractivity contribution is -0.384. The number of methoxy groups -OCH3 is 1. The van der Waals surface area contributed by atoms with Crippen molar-refractivity contribution < 1.29 is 14.5 Å². The largest absolute Gasteiger partial charge is 0.497 e. The molecule has 0 aliphatic carbocycles. The van der Waals surface area contributed by atoms with E-state index in [4.69, 9.17) is 9.73 Å². The van der Waals surface area contributed by atoms with Crippen molar-refractivity contribution in [2.24, 2.45) is 4.99 Å². The molecule has 7 heteroatoms. The fourth-order valence-electron chi connectivity index (χ4n) is 2.79. The first-order valence-electron chi connectivity index (χ1n) is 8.03. The highest BCUT2D eigenvalue weighted by Gasteiger charge is 2.29. The lowest BCUT2D eigenvalue weighted by Crippen LogP contribution is -2.23. The van der Waals surface area contributed by atoms with Crippen molar-refractivity contribution in [3.8, 4) is 5.75 Å². The topological polar surface area (TPSA) is 81.8 Å². The van der Waals surface area contributed by atoms with Gasteiger partial charge in [0, 0.05) is 28.2 Å². The third-order valence-corrected chi connectivity index (χ3v) is 5.16. The Hall–Kier alpha value is -2.67. The molecule has 0 amide bonds. The van der Waals surface area contributed by atoms with E-state index in [2.05, 4.69) is 0 Å².